The van der Waals surface area contributed by atoms with E-state index in [1.807, 2.05) is 0 Å². The quantitative estimate of drug-likeness (QED) is 0.659. The maximum Gasteiger partial charge on any atom is 0.144 e. The standard InChI is InChI=1S/C9H4F2N2/c10-7-3-6(1-2-12)8(5-13)9(11)4-7/h3-4H,1H2. The van der Waals surface area contributed by atoms with Gasteiger partial charge in [-0.1, -0.05) is 0 Å². The highest BCUT2D eigenvalue weighted by molar-refractivity contribution is 5.40. The van der Waals surface area contributed by atoms with E-state index in [0.717, 1.165) is 6.07 Å². The molecule has 64 valence electrons. The molecule has 0 aliphatic carbocycles. The smallest absolute Gasteiger partial charge is 0.144 e. The molecule has 0 aliphatic heterocycles. The van der Waals surface area contributed by atoms with Gasteiger partial charge in [0.15, 0.2) is 0 Å². The van der Waals surface area contributed by atoms with Gasteiger partial charge in [0.05, 0.1) is 18.1 Å². The monoisotopic (exact) mass is 178 g/mol. The highest BCUT2D eigenvalue weighted by Crippen LogP contribution is 2.15. The molecule has 13 heavy (non-hydrogen) atoms. The van der Waals surface area contributed by atoms with E-state index in [4.69, 9.17) is 10.5 Å². The molecular weight excluding hydrogens is 174 g/mol. The average molecular weight is 178 g/mol. The highest BCUT2D eigenvalue weighted by Gasteiger charge is 2.09. The zero-order chi connectivity index (χ0) is 9.84. The van der Waals surface area contributed by atoms with Gasteiger partial charge < -0.3 is 0 Å². The Morgan fingerprint density at radius 2 is 1.92 bits per heavy atom. The molecule has 0 fully saturated rings. The molecule has 0 spiro atoms. The first kappa shape index (κ1) is 9.15. The maximum absolute atomic E-state index is 12.9. The van der Waals surface area contributed by atoms with Crippen molar-refractivity contribution in [1.82, 2.24) is 0 Å². The first-order valence-electron chi connectivity index (χ1n) is 3.44. The molecule has 0 unspecified atom stereocenters. The fourth-order valence-electron chi connectivity index (χ4n) is 0.977. The van der Waals surface area contributed by atoms with E-state index in [1.54, 1.807) is 12.1 Å². The van der Waals surface area contributed by atoms with Gasteiger partial charge >= 0.3 is 0 Å². The van der Waals surface area contributed by atoms with Gasteiger partial charge in [-0.2, -0.15) is 10.5 Å². The van der Waals surface area contributed by atoms with Crippen LogP contribution < -0.4 is 0 Å². The molecule has 1 rings (SSSR count). The van der Waals surface area contributed by atoms with Crippen molar-refractivity contribution in [2.75, 3.05) is 0 Å². The number of rotatable bonds is 1. The van der Waals surface area contributed by atoms with E-state index in [9.17, 15) is 8.78 Å². The number of benzene rings is 1. The molecule has 0 saturated heterocycles. The minimum absolute atomic E-state index is 0.0856. The van der Waals surface area contributed by atoms with Crippen LogP contribution in [-0.4, -0.2) is 0 Å². The number of halogens is 2. The van der Waals surface area contributed by atoms with Crippen molar-refractivity contribution >= 4 is 0 Å². The Bertz CT molecular complexity index is 413. The second kappa shape index (κ2) is 3.64. The Morgan fingerprint density at radius 3 is 2.46 bits per heavy atom. The lowest BCUT2D eigenvalue weighted by Gasteiger charge is -1.99. The van der Waals surface area contributed by atoms with Crippen LogP contribution in [0.2, 0.25) is 0 Å². The third kappa shape index (κ3) is 1.80. The van der Waals surface area contributed by atoms with Gasteiger partial charge in [0.2, 0.25) is 0 Å². The lowest BCUT2D eigenvalue weighted by Crippen LogP contribution is -1.94. The first-order chi connectivity index (χ1) is 6.19. The van der Waals surface area contributed by atoms with E-state index < -0.39 is 11.6 Å². The fraction of sp³-hybridized carbons (Fsp3) is 0.111. The van der Waals surface area contributed by atoms with Crippen molar-refractivity contribution in [3.63, 3.8) is 0 Å². The molecular formula is C9H4F2N2. The minimum atomic E-state index is -0.923. The minimum Gasteiger partial charge on any atom is -0.207 e. The maximum atomic E-state index is 12.9. The van der Waals surface area contributed by atoms with E-state index in [1.165, 1.54) is 0 Å². The molecule has 0 N–H and O–H groups in total. The van der Waals surface area contributed by atoms with Gasteiger partial charge in [-0.05, 0) is 11.6 Å². The van der Waals surface area contributed by atoms with Crippen molar-refractivity contribution < 1.29 is 8.78 Å². The Hall–Kier alpha value is -1.94. The number of nitriles is 2. The summed E-state index contributed by atoms with van der Waals surface area (Å²) in [5.41, 5.74) is -0.176. The predicted octanol–water partition coefficient (Wildman–Crippen LogP) is 1.90. The molecule has 0 aromatic heterocycles. The molecule has 0 aliphatic rings. The van der Waals surface area contributed by atoms with Gasteiger partial charge in [-0.15, -0.1) is 0 Å². The summed E-state index contributed by atoms with van der Waals surface area (Å²) in [5, 5.41) is 16.8. The molecule has 0 bridgehead atoms. The van der Waals surface area contributed by atoms with Crippen LogP contribution >= 0.6 is 0 Å². The number of hydrogen-bond donors (Lipinski definition) is 0. The van der Waals surface area contributed by atoms with E-state index in [0.29, 0.717) is 6.07 Å². The van der Waals surface area contributed by atoms with Crippen molar-refractivity contribution in [2.45, 2.75) is 6.42 Å². The molecule has 0 saturated carbocycles. The summed E-state index contributed by atoms with van der Waals surface area (Å²) in [5.74, 6) is -1.70. The topological polar surface area (TPSA) is 47.6 Å². The van der Waals surface area contributed by atoms with E-state index in [-0.39, 0.29) is 17.5 Å². The van der Waals surface area contributed by atoms with Crippen LogP contribution in [-0.2, 0) is 6.42 Å². The average Bonchev–Trinajstić information content (AvgIpc) is 2.04. The second-order valence-corrected chi connectivity index (χ2v) is 2.37. The third-order valence-electron chi connectivity index (χ3n) is 1.52. The molecule has 0 heterocycles. The summed E-state index contributed by atoms with van der Waals surface area (Å²) in [6.45, 7) is 0. The van der Waals surface area contributed by atoms with Crippen molar-refractivity contribution in [2.24, 2.45) is 0 Å². The molecule has 4 heteroatoms. The Morgan fingerprint density at radius 1 is 1.23 bits per heavy atom. The summed E-state index contributed by atoms with van der Waals surface area (Å²) in [7, 11) is 0. The van der Waals surface area contributed by atoms with Crippen LogP contribution in [0.3, 0.4) is 0 Å². The summed E-state index contributed by atoms with van der Waals surface area (Å²) >= 11 is 0. The van der Waals surface area contributed by atoms with Crippen LogP contribution in [0.4, 0.5) is 8.78 Å². The lowest BCUT2D eigenvalue weighted by atomic mass is 10.1. The van der Waals surface area contributed by atoms with Gasteiger partial charge in [0.1, 0.15) is 17.7 Å². The lowest BCUT2D eigenvalue weighted by molar-refractivity contribution is 0.578. The van der Waals surface area contributed by atoms with Gasteiger partial charge in [0.25, 0.3) is 0 Å². The van der Waals surface area contributed by atoms with Gasteiger partial charge in [-0.3, -0.25) is 0 Å². The molecule has 1 aromatic rings. The third-order valence-corrected chi connectivity index (χ3v) is 1.52. The van der Waals surface area contributed by atoms with Crippen LogP contribution in [0.5, 0.6) is 0 Å². The Balaban J connectivity index is 3.33. The van der Waals surface area contributed by atoms with Crippen molar-refractivity contribution in [3.05, 3.63) is 34.9 Å². The van der Waals surface area contributed by atoms with Crippen LogP contribution in [0.15, 0.2) is 12.1 Å². The van der Waals surface area contributed by atoms with Crippen LogP contribution in [0, 0.1) is 34.3 Å². The van der Waals surface area contributed by atoms with E-state index in [2.05, 4.69) is 0 Å². The SMILES string of the molecule is N#CCc1cc(F)cc(F)c1C#N. The Labute approximate surface area is 73.6 Å². The molecule has 0 atom stereocenters. The number of hydrogen-bond acceptors (Lipinski definition) is 2. The molecule has 0 radical (unpaired) electrons. The summed E-state index contributed by atoms with van der Waals surface area (Å²) in [4.78, 5) is 0. The second-order valence-electron chi connectivity index (χ2n) is 2.37. The van der Waals surface area contributed by atoms with Crippen molar-refractivity contribution in [1.29, 1.82) is 10.5 Å². The Kier molecular flexibility index (Phi) is 2.56. The van der Waals surface area contributed by atoms with Crippen LogP contribution in [0.1, 0.15) is 11.1 Å². The summed E-state index contributed by atoms with van der Waals surface area (Å²) < 4.78 is 25.5. The van der Waals surface area contributed by atoms with Gasteiger partial charge in [-0.25, -0.2) is 8.78 Å². The molecule has 2 nitrogen and oxygen atoms in total. The van der Waals surface area contributed by atoms with E-state index >= 15 is 0 Å². The highest BCUT2D eigenvalue weighted by atomic mass is 19.1. The normalized spacial score (nSPS) is 8.92. The number of nitrogens with zero attached hydrogens (tertiary/aromatic N) is 2. The van der Waals surface area contributed by atoms with Crippen molar-refractivity contribution in [3.8, 4) is 12.1 Å². The molecule has 0 amide bonds. The van der Waals surface area contributed by atoms with Crippen LogP contribution in [0.25, 0.3) is 0 Å². The summed E-state index contributed by atoms with van der Waals surface area (Å²) in [6.07, 6.45) is -0.169. The largest absolute Gasteiger partial charge is 0.207 e. The zero-order valence-corrected chi connectivity index (χ0v) is 6.51. The molecule has 1 aromatic carbocycles. The summed E-state index contributed by atoms with van der Waals surface area (Å²) in [6, 6.07) is 4.93. The predicted molar refractivity (Wildman–Crippen MR) is 40.4 cm³/mol. The fourth-order valence-corrected chi connectivity index (χ4v) is 0.977. The first-order valence-corrected chi connectivity index (χ1v) is 3.44. The zero-order valence-electron chi connectivity index (χ0n) is 6.51. The van der Waals surface area contributed by atoms with Gasteiger partial charge in [0, 0.05) is 6.07 Å².